The molecule has 0 N–H and O–H groups in total. The van der Waals surface area contributed by atoms with Gasteiger partial charge in [-0.05, 0) is 43.7 Å². The quantitative estimate of drug-likeness (QED) is 0.796. The van der Waals surface area contributed by atoms with E-state index >= 15 is 0 Å². The summed E-state index contributed by atoms with van der Waals surface area (Å²) in [6.07, 6.45) is 0. The maximum Gasteiger partial charge on any atom is 0.357 e. The van der Waals surface area contributed by atoms with Gasteiger partial charge in [0.1, 0.15) is 0 Å². The van der Waals surface area contributed by atoms with E-state index in [4.69, 9.17) is 4.74 Å². The van der Waals surface area contributed by atoms with Gasteiger partial charge in [0.2, 0.25) is 0 Å². The van der Waals surface area contributed by atoms with Crippen LogP contribution < -0.4 is 0 Å². The van der Waals surface area contributed by atoms with Crippen LogP contribution in [0.15, 0.2) is 28.7 Å². The molecule has 0 saturated carbocycles. The number of ether oxygens (including phenoxy) is 1. The lowest BCUT2D eigenvalue weighted by molar-refractivity contribution is 0.0519. The molecule has 0 saturated heterocycles. The van der Waals surface area contributed by atoms with Crippen LogP contribution in [0.4, 0.5) is 0 Å². The first-order valence-electron chi connectivity index (χ1n) is 5.36. The van der Waals surface area contributed by atoms with E-state index < -0.39 is 0 Å². The molecule has 17 heavy (non-hydrogen) atoms. The SMILES string of the molecule is CCOC(=O)c1nc2ccc(Br)cc2cc1C. The summed E-state index contributed by atoms with van der Waals surface area (Å²) in [4.78, 5) is 16.0. The van der Waals surface area contributed by atoms with E-state index in [9.17, 15) is 4.79 Å². The summed E-state index contributed by atoms with van der Waals surface area (Å²) in [5, 5.41) is 1.00. The van der Waals surface area contributed by atoms with Crippen molar-refractivity contribution in [2.75, 3.05) is 6.61 Å². The number of nitrogens with zero attached hydrogens (tertiary/aromatic N) is 1. The van der Waals surface area contributed by atoms with Gasteiger partial charge in [-0.3, -0.25) is 0 Å². The largest absolute Gasteiger partial charge is 0.461 e. The molecule has 0 aliphatic heterocycles. The molecule has 2 rings (SSSR count). The Hall–Kier alpha value is -1.42. The molecule has 0 bridgehead atoms. The fraction of sp³-hybridized carbons (Fsp3) is 0.231. The second-order valence-corrected chi connectivity index (χ2v) is 4.63. The van der Waals surface area contributed by atoms with E-state index in [0.29, 0.717) is 12.3 Å². The lowest BCUT2D eigenvalue weighted by atomic mass is 10.1. The summed E-state index contributed by atoms with van der Waals surface area (Å²) >= 11 is 3.41. The van der Waals surface area contributed by atoms with Gasteiger partial charge in [-0.1, -0.05) is 15.9 Å². The molecule has 0 fully saturated rings. The maximum absolute atomic E-state index is 11.7. The molecule has 3 nitrogen and oxygen atoms in total. The van der Waals surface area contributed by atoms with Crippen molar-refractivity contribution < 1.29 is 9.53 Å². The molecule has 1 aromatic carbocycles. The number of rotatable bonds is 2. The Kier molecular flexibility index (Phi) is 3.43. The summed E-state index contributed by atoms with van der Waals surface area (Å²) in [7, 11) is 0. The molecule has 0 aliphatic carbocycles. The molecule has 0 unspecified atom stereocenters. The molecular formula is C13H12BrNO2. The number of carbonyl (C=O) groups is 1. The van der Waals surface area contributed by atoms with Crippen molar-refractivity contribution in [3.05, 3.63) is 40.0 Å². The van der Waals surface area contributed by atoms with Gasteiger partial charge in [-0.25, -0.2) is 9.78 Å². The highest BCUT2D eigenvalue weighted by molar-refractivity contribution is 9.10. The minimum atomic E-state index is -0.366. The third-order valence-corrected chi connectivity index (χ3v) is 2.93. The van der Waals surface area contributed by atoms with Crippen LogP contribution in [0, 0.1) is 6.92 Å². The van der Waals surface area contributed by atoms with Crippen molar-refractivity contribution in [2.24, 2.45) is 0 Å². The first-order valence-corrected chi connectivity index (χ1v) is 6.15. The van der Waals surface area contributed by atoms with E-state index in [2.05, 4.69) is 20.9 Å². The Bertz CT molecular complexity index is 581. The molecule has 0 radical (unpaired) electrons. The molecule has 1 heterocycles. The van der Waals surface area contributed by atoms with Crippen LogP contribution in [-0.2, 0) is 4.74 Å². The van der Waals surface area contributed by atoms with Gasteiger partial charge in [-0.15, -0.1) is 0 Å². The predicted molar refractivity (Wildman–Crippen MR) is 70.1 cm³/mol. The first-order chi connectivity index (χ1) is 8.11. The van der Waals surface area contributed by atoms with Crippen molar-refractivity contribution in [2.45, 2.75) is 13.8 Å². The molecule has 2 aromatic rings. The molecule has 0 amide bonds. The zero-order valence-corrected chi connectivity index (χ0v) is 11.2. The van der Waals surface area contributed by atoms with Gasteiger partial charge in [0.05, 0.1) is 12.1 Å². The van der Waals surface area contributed by atoms with Crippen molar-refractivity contribution in [1.82, 2.24) is 4.98 Å². The zero-order chi connectivity index (χ0) is 12.4. The van der Waals surface area contributed by atoms with E-state index in [0.717, 1.165) is 20.9 Å². The highest BCUT2D eigenvalue weighted by atomic mass is 79.9. The fourth-order valence-corrected chi connectivity index (χ4v) is 2.04. The highest BCUT2D eigenvalue weighted by Gasteiger charge is 2.13. The van der Waals surface area contributed by atoms with Crippen molar-refractivity contribution in [3.8, 4) is 0 Å². The number of fused-ring (bicyclic) bond motifs is 1. The highest BCUT2D eigenvalue weighted by Crippen LogP contribution is 2.21. The smallest absolute Gasteiger partial charge is 0.357 e. The van der Waals surface area contributed by atoms with Crippen molar-refractivity contribution >= 4 is 32.8 Å². The molecule has 4 heteroatoms. The Morgan fingerprint density at radius 2 is 2.18 bits per heavy atom. The number of hydrogen-bond acceptors (Lipinski definition) is 3. The Morgan fingerprint density at radius 1 is 1.41 bits per heavy atom. The van der Waals surface area contributed by atoms with Gasteiger partial charge < -0.3 is 4.74 Å². The Labute approximate surface area is 108 Å². The molecule has 1 aromatic heterocycles. The average molecular weight is 294 g/mol. The van der Waals surface area contributed by atoms with Crippen LogP contribution in [-0.4, -0.2) is 17.6 Å². The van der Waals surface area contributed by atoms with E-state index in [-0.39, 0.29) is 5.97 Å². The summed E-state index contributed by atoms with van der Waals surface area (Å²) < 4.78 is 5.97. The third kappa shape index (κ3) is 2.47. The monoisotopic (exact) mass is 293 g/mol. The summed E-state index contributed by atoms with van der Waals surface area (Å²) in [6.45, 7) is 4.00. The lowest BCUT2D eigenvalue weighted by Crippen LogP contribution is -2.09. The van der Waals surface area contributed by atoms with E-state index in [1.165, 1.54) is 0 Å². The second kappa shape index (κ2) is 4.84. The number of pyridine rings is 1. The van der Waals surface area contributed by atoms with Crippen LogP contribution in [0.5, 0.6) is 0 Å². The van der Waals surface area contributed by atoms with Gasteiger partial charge in [0.15, 0.2) is 5.69 Å². The molecule has 0 spiro atoms. The standard InChI is InChI=1S/C13H12BrNO2/c1-3-17-13(16)12-8(2)6-9-7-10(14)4-5-11(9)15-12/h4-7H,3H2,1-2H3. The maximum atomic E-state index is 11.7. The topological polar surface area (TPSA) is 39.2 Å². The van der Waals surface area contributed by atoms with Crippen LogP contribution in [0.2, 0.25) is 0 Å². The fourth-order valence-electron chi connectivity index (χ4n) is 1.66. The Balaban J connectivity index is 2.55. The number of halogens is 1. The molecular weight excluding hydrogens is 282 g/mol. The van der Waals surface area contributed by atoms with E-state index in [1.807, 2.05) is 31.2 Å². The average Bonchev–Trinajstić information content (AvgIpc) is 2.28. The number of benzene rings is 1. The normalized spacial score (nSPS) is 10.5. The van der Waals surface area contributed by atoms with Crippen molar-refractivity contribution in [1.29, 1.82) is 0 Å². The predicted octanol–water partition coefficient (Wildman–Crippen LogP) is 3.48. The summed E-state index contributed by atoms with van der Waals surface area (Å²) in [5.74, 6) is -0.366. The Morgan fingerprint density at radius 3 is 2.88 bits per heavy atom. The minimum Gasteiger partial charge on any atom is -0.461 e. The van der Waals surface area contributed by atoms with Crippen LogP contribution >= 0.6 is 15.9 Å². The van der Waals surface area contributed by atoms with Gasteiger partial charge >= 0.3 is 5.97 Å². The number of carbonyl (C=O) groups excluding carboxylic acids is 1. The molecule has 0 atom stereocenters. The minimum absolute atomic E-state index is 0.359. The summed E-state index contributed by atoms with van der Waals surface area (Å²) in [5.41, 5.74) is 2.01. The number of esters is 1. The lowest BCUT2D eigenvalue weighted by Gasteiger charge is -2.06. The van der Waals surface area contributed by atoms with Gasteiger partial charge in [0.25, 0.3) is 0 Å². The third-order valence-electron chi connectivity index (χ3n) is 2.44. The number of aryl methyl sites for hydroxylation is 1. The van der Waals surface area contributed by atoms with Gasteiger partial charge in [0, 0.05) is 9.86 Å². The molecule has 0 aliphatic rings. The second-order valence-electron chi connectivity index (χ2n) is 3.71. The van der Waals surface area contributed by atoms with E-state index in [1.54, 1.807) is 6.92 Å². The number of aromatic nitrogens is 1. The number of hydrogen-bond donors (Lipinski definition) is 0. The van der Waals surface area contributed by atoms with Gasteiger partial charge in [-0.2, -0.15) is 0 Å². The molecule has 88 valence electrons. The zero-order valence-electron chi connectivity index (χ0n) is 9.66. The first kappa shape index (κ1) is 12.0. The summed E-state index contributed by atoms with van der Waals surface area (Å²) in [6, 6.07) is 7.70. The van der Waals surface area contributed by atoms with Crippen LogP contribution in [0.1, 0.15) is 23.0 Å². The van der Waals surface area contributed by atoms with Crippen LogP contribution in [0.3, 0.4) is 0 Å². The van der Waals surface area contributed by atoms with Crippen LogP contribution in [0.25, 0.3) is 10.9 Å². The van der Waals surface area contributed by atoms with Crippen molar-refractivity contribution in [3.63, 3.8) is 0 Å².